The number of amides is 2. The molecular formula is C16H16N4O2S. The average molecular weight is 328 g/mol. The van der Waals surface area contributed by atoms with E-state index in [-0.39, 0.29) is 11.8 Å². The fraction of sp³-hybridized carbons (Fsp3) is 0.188. The molecule has 0 bridgehead atoms. The summed E-state index contributed by atoms with van der Waals surface area (Å²) in [5.41, 5.74) is 2.55. The number of rotatable bonds is 4. The summed E-state index contributed by atoms with van der Waals surface area (Å²) < 4.78 is 1.98. The summed E-state index contributed by atoms with van der Waals surface area (Å²) in [7, 11) is 0. The number of carbonyl (C=O) groups excluding carboxylic acids is 2. The molecule has 0 saturated heterocycles. The first-order valence-corrected chi connectivity index (χ1v) is 8.01. The van der Waals surface area contributed by atoms with Crippen LogP contribution in [0.5, 0.6) is 0 Å². The number of hydrogen-bond donors (Lipinski definition) is 2. The third kappa shape index (κ3) is 3.40. The number of imidazole rings is 1. The van der Waals surface area contributed by atoms with Gasteiger partial charge >= 0.3 is 0 Å². The highest BCUT2D eigenvalue weighted by Gasteiger charge is 2.13. The van der Waals surface area contributed by atoms with E-state index in [2.05, 4.69) is 15.6 Å². The van der Waals surface area contributed by atoms with Gasteiger partial charge in [-0.05, 0) is 19.1 Å². The molecule has 2 heterocycles. The van der Waals surface area contributed by atoms with Crippen molar-refractivity contribution in [1.82, 2.24) is 14.7 Å². The Kier molecular flexibility index (Phi) is 4.12. The van der Waals surface area contributed by atoms with Gasteiger partial charge in [-0.25, -0.2) is 4.98 Å². The van der Waals surface area contributed by atoms with Gasteiger partial charge in [-0.1, -0.05) is 12.1 Å². The van der Waals surface area contributed by atoms with Gasteiger partial charge in [0, 0.05) is 35.9 Å². The SMILES string of the molecule is CC(=O)NC(C)C(=O)Nc1ccc(-c2cn3ccsc3n2)cc1. The molecule has 0 radical (unpaired) electrons. The molecule has 0 aliphatic carbocycles. The van der Waals surface area contributed by atoms with Gasteiger partial charge in [0.25, 0.3) is 0 Å². The Morgan fingerprint density at radius 2 is 2.00 bits per heavy atom. The number of anilines is 1. The highest BCUT2D eigenvalue weighted by Crippen LogP contribution is 2.23. The molecule has 0 spiro atoms. The van der Waals surface area contributed by atoms with Crippen LogP contribution in [0.3, 0.4) is 0 Å². The van der Waals surface area contributed by atoms with Crippen molar-refractivity contribution in [2.75, 3.05) is 5.32 Å². The normalized spacial score (nSPS) is 12.1. The molecule has 1 aromatic carbocycles. The minimum atomic E-state index is -0.577. The van der Waals surface area contributed by atoms with Gasteiger partial charge in [0.15, 0.2) is 4.96 Å². The topological polar surface area (TPSA) is 75.5 Å². The molecule has 0 saturated carbocycles. The van der Waals surface area contributed by atoms with Crippen molar-refractivity contribution in [2.45, 2.75) is 19.9 Å². The number of nitrogens with one attached hydrogen (secondary N) is 2. The Morgan fingerprint density at radius 3 is 2.65 bits per heavy atom. The van der Waals surface area contributed by atoms with Gasteiger partial charge < -0.3 is 10.6 Å². The number of benzene rings is 1. The van der Waals surface area contributed by atoms with E-state index in [1.807, 2.05) is 46.4 Å². The molecular weight excluding hydrogens is 312 g/mol. The van der Waals surface area contributed by atoms with Crippen LogP contribution in [-0.2, 0) is 9.59 Å². The summed E-state index contributed by atoms with van der Waals surface area (Å²) in [5.74, 6) is -0.488. The van der Waals surface area contributed by atoms with Crippen LogP contribution < -0.4 is 10.6 Å². The quantitative estimate of drug-likeness (QED) is 0.773. The minimum Gasteiger partial charge on any atom is -0.345 e. The van der Waals surface area contributed by atoms with E-state index in [1.165, 1.54) is 6.92 Å². The minimum absolute atomic E-state index is 0.234. The van der Waals surface area contributed by atoms with Gasteiger partial charge in [0.2, 0.25) is 11.8 Å². The van der Waals surface area contributed by atoms with Crippen LogP contribution in [0, 0.1) is 0 Å². The first-order valence-electron chi connectivity index (χ1n) is 7.13. The summed E-state index contributed by atoms with van der Waals surface area (Å²) in [4.78, 5) is 28.4. The molecule has 2 aromatic heterocycles. The maximum Gasteiger partial charge on any atom is 0.246 e. The summed E-state index contributed by atoms with van der Waals surface area (Å²) in [5, 5.41) is 7.31. The average Bonchev–Trinajstić information content (AvgIpc) is 3.08. The molecule has 2 amide bonds. The zero-order valence-corrected chi connectivity index (χ0v) is 13.6. The van der Waals surface area contributed by atoms with Gasteiger partial charge in [-0.3, -0.25) is 14.0 Å². The summed E-state index contributed by atoms with van der Waals surface area (Å²) >= 11 is 1.58. The van der Waals surface area contributed by atoms with Gasteiger partial charge in [-0.15, -0.1) is 11.3 Å². The van der Waals surface area contributed by atoms with Crippen molar-refractivity contribution >= 4 is 33.8 Å². The second-order valence-corrected chi connectivity index (χ2v) is 6.08. The van der Waals surface area contributed by atoms with Crippen LogP contribution in [0.4, 0.5) is 5.69 Å². The molecule has 23 heavy (non-hydrogen) atoms. The number of hydrogen-bond acceptors (Lipinski definition) is 4. The van der Waals surface area contributed by atoms with Crippen molar-refractivity contribution in [3.8, 4) is 11.3 Å². The van der Waals surface area contributed by atoms with Crippen LogP contribution in [0.1, 0.15) is 13.8 Å². The van der Waals surface area contributed by atoms with Crippen LogP contribution in [0.2, 0.25) is 0 Å². The lowest BCUT2D eigenvalue weighted by Crippen LogP contribution is -2.40. The number of thiazole rings is 1. The zero-order chi connectivity index (χ0) is 16.4. The first kappa shape index (κ1) is 15.2. The van der Waals surface area contributed by atoms with Crippen LogP contribution in [0.25, 0.3) is 16.2 Å². The Morgan fingerprint density at radius 1 is 1.26 bits per heavy atom. The summed E-state index contributed by atoms with van der Waals surface area (Å²) in [6, 6.07) is 6.88. The molecule has 3 aromatic rings. The Labute approximate surface area is 137 Å². The van der Waals surface area contributed by atoms with Crippen LogP contribution in [-0.4, -0.2) is 27.2 Å². The van der Waals surface area contributed by atoms with Gasteiger partial charge in [0.05, 0.1) is 5.69 Å². The van der Waals surface area contributed by atoms with E-state index in [0.717, 1.165) is 16.2 Å². The molecule has 0 fully saturated rings. The first-order chi connectivity index (χ1) is 11.0. The van der Waals surface area contributed by atoms with Crippen LogP contribution >= 0.6 is 11.3 Å². The summed E-state index contributed by atoms with van der Waals surface area (Å²) in [6.07, 6.45) is 3.94. The summed E-state index contributed by atoms with van der Waals surface area (Å²) in [6.45, 7) is 3.03. The molecule has 1 atom stereocenters. The van der Waals surface area contributed by atoms with Crippen molar-refractivity contribution in [2.24, 2.45) is 0 Å². The number of nitrogens with zero attached hydrogens (tertiary/aromatic N) is 2. The van der Waals surface area contributed by atoms with Crippen molar-refractivity contribution in [1.29, 1.82) is 0 Å². The Hall–Kier alpha value is -2.67. The lowest BCUT2D eigenvalue weighted by atomic mass is 10.1. The second kappa shape index (κ2) is 6.21. The maximum atomic E-state index is 11.9. The Bertz CT molecular complexity index is 822. The third-order valence-electron chi connectivity index (χ3n) is 3.35. The number of aromatic nitrogens is 2. The monoisotopic (exact) mass is 328 g/mol. The highest BCUT2D eigenvalue weighted by molar-refractivity contribution is 7.15. The molecule has 6 nitrogen and oxygen atoms in total. The smallest absolute Gasteiger partial charge is 0.246 e. The molecule has 7 heteroatoms. The molecule has 3 rings (SSSR count). The number of carbonyl (C=O) groups is 2. The molecule has 0 aliphatic heterocycles. The van der Waals surface area contributed by atoms with Crippen LogP contribution in [0.15, 0.2) is 42.0 Å². The van der Waals surface area contributed by atoms with Gasteiger partial charge in [-0.2, -0.15) is 0 Å². The van der Waals surface area contributed by atoms with E-state index in [4.69, 9.17) is 0 Å². The third-order valence-corrected chi connectivity index (χ3v) is 4.13. The molecule has 0 aliphatic rings. The van der Waals surface area contributed by atoms with E-state index in [9.17, 15) is 9.59 Å². The number of fused-ring (bicyclic) bond motifs is 1. The molecule has 118 valence electrons. The van der Waals surface area contributed by atoms with E-state index >= 15 is 0 Å². The van der Waals surface area contributed by atoms with Gasteiger partial charge in [0.1, 0.15) is 6.04 Å². The lowest BCUT2D eigenvalue weighted by Gasteiger charge is -2.12. The van der Waals surface area contributed by atoms with Crippen molar-refractivity contribution < 1.29 is 9.59 Å². The fourth-order valence-corrected chi connectivity index (χ4v) is 2.91. The largest absolute Gasteiger partial charge is 0.345 e. The molecule has 2 N–H and O–H groups in total. The van der Waals surface area contributed by atoms with Crippen molar-refractivity contribution in [3.05, 3.63) is 42.0 Å². The fourth-order valence-electron chi connectivity index (χ4n) is 2.21. The second-order valence-electron chi connectivity index (χ2n) is 5.21. The van der Waals surface area contributed by atoms with E-state index < -0.39 is 6.04 Å². The van der Waals surface area contributed by atoms with Crippen molar-refractivity contribution in [3.63, 3.8) is 0 Å². The lowest BCUT2D eigenvalue weighted by molar-refractivity contribution is -0.124. The predicted molar refractivity (Wildman–Crippen MR) is 90.4 cm³/mol. The zero-order valence-electron chi connectivity index (χ0n) is 12.7. The van der Waals surface area contributed by atoms with E-state index in [1.54, 1.807) is 18.3 Å². The van der Waals surface area contributed by atoms with E-state index in [0.29, 0.717) is 5.69 Å². The molecule has 1 unspecified atom stereocenters. The highest BCUT2D eigenvalue weighted by atomic mass is 32.1. The standard InChI is InChI=1S/C16H16N4O2S/c1-10(17-11(2)21)15(22)18-13-5-3-12(4-6-13)14-9-20-7-8-23-16(20)19-14/h3-10H,1-2H3,(H,17,21)(H,18,22). The maximum absolute atomic E-state index is 11.9. The predicted octanol–water partition coefficient (Wildman–Crippen LogP) is 2.53. The Balaban J connectivity index is 1.70.